The normalized spacial score (nSPS) is 21.0. The van der Waals surface area contributed by atoms with E-state index in [1.54, 1.807) is 40.9 Å². The Kier molecular flexibility index (Phi) is 5.79. The molecule has 0 radical (unpaired) electrons. The van der Waals surface area contributed by atoms with E-state index in [0.29, 0.717) is 27.1 Å². The summed E-state index contributed by atoms with van der Waals surface area (Å²) in [7, 11) is 3.03. The zero-order chi connectivity index (χ0) is 22.5. The van der Waals surface area contributed by atoms with E-state index in [4.69, 9.17) is 32.7 Å². The van der Waals surface area contributed by atoms with Crippen LogP contribution in [0.4, 0.5) is 0 Å². The average molecular weight is 481 g/mol. The van der Waals surface area contributed by atoms with E-state index in [9.17, 15) is 9.59 Å². The maximum absolute atomic E-state index is 13.5. The van der Waals surface area contributed by atoms with Gasteiger partial charge in [-0.15, -0.1) is 11.8 Å². The highest BCUT2D eigenvalue weighted by Gasteiger charge is 2.58. The zero-order valence-electron chi connectivity index (χ0n) is 17.5. The van der Waals surface area contributed by atoms with E-state index < -0.39 is 10.8 Å². The fourth-order valence-corrected chi connectivity index (χ4v) is 6.25. The van der Waals surface area contributed by atoms with Gasteiger partial charge >= 0.3 is 0 Å². The molecular weight excluding hydrogens is 459 g/mol. The van der Waals surface area contributed by atoms with Crippen molar-refractivity contribution in [3.8, 4) is 11.5 Å². The van der Waals surface area contributed by atoms with Crippen molar-refractivity contribution in [2.75, 3.05) is 14.2 Å². The van der Waals surface area contributed by atoms with Crippen molar-refractivity contribution in [3.05, 3.63) is 57.1 Å². The van der Waals surface area contributed by atoms with Crippen LogP contribution in [0, 0.1) is 0 Å². The fraction of sp³-hybridized carbons (Fsp3) is 0.364. The molecule has 4 rings (SSSR count). The first kappa shape index (κ1) is 22.1. The summed E-state index contributed by atoms with van der Waals surface area (Å²) in [5.41, 5.74) is 2.03. The summed E-state index contributed by atoms with van der Waals surface area (Å²) in [6.07, 6.45) is 0. The smallest absolute Gasteiger partial charge is 0.260 e. The third-order valence-corrected chi connectivity index (χ3v) is 7.74. The van der Waals surface area contributed by atoms with Gasteiger partial charge in [-0.3, -0.25) is 9.59 Å². The van der Waals surface area contributed by atoms with Crippen LogP contribution in [0.15, 0.2) is 30.3 Å². The molecule has 0 aliphatic carbocycles. The number of fused-ring (bicyclic) bond motifs is 3. The molecular formula is C22H22Cl2N2O4S. The number of hydrogen-bond donors (Lipinski definition) is 1. The number of methoxy groups -OCH3 is 2. The minimum absolute atomic E-state index is 0.237. The molecule has 2 amide bonds. The van der Waals surface area contributed by atoms with Crippen molar-refractivity contribution < 1.29 is 19.1 Å². The molecule has 2 aliphatic rings. The second-order valence-electron chi connectivity index (χ2n) is 7.91. The summed E-state index contributed by atoms with van der Waals surface area (Å²) in [4.78, 5) is 28.4. The standard InChI is InChI=1S/C22H22Cl2N2O4S/c1-22(2)18(19(27)25-10-11-5-6-12(23)9-14(11)24)26-20(28)16-13(21(26)31-22)7-8-15(29-3)17(16)30-4/h5-9,18,21H,10H2,1-4H3,(H,25,27). The van der Waals surface area contributed by atoms with Crippen molar-refractivity contribution in [3.63, 3.8) is 0 Å². The molecule has 9 heteroatoms. The molecule has 0 spiro atoms. The second kappa shape index (κ2) is 8.11. The van der Waals surface area contributed by atoms with Gasteiger partial charge in [0.1, 0.15) is 11.4 Å². The van der Waals surface area contributed by atoms with Gasteiger partial charge < -0.3 is 19.7 Å². The molecule has 2 aliphatic heterocycles. The Bertz CT molecular complexity index is 1080. The third-order valence-electron chi connectivity index (χ3n) is 5.61. The van der Waals surface area contributed by atoms with Crippen LogP contribution < -0.4 is 14.8 Å². The number of nitrogens with one attached hydrogen (secondary N) is 1. The van der Waals surface area contributed by atoms with Gasteiger partial charge in [0, 0.05) is 26.9 Å². The van der Waals surface area contributed by atoms with E-state index in [1.165, 1.54) is 14.2 Å². The number of amides is 2. The lowest BCUT2D eigenvalue weighted by Crippen LogP contribution is -2.52. The Morgan fingerprint density at radius 2 is 1.94 bits per heavy atom. The molecule has 1 saturated heterocycles. The van der Waals surface area contributed by atoms with Crippen molar-refractivity contribution in [2.45, 2.75) is 36.6 Å². The maximum Gasteiger partial charge on any atom is 0.260 e. The van der Waals surface area contributed by atoms with Gasteiger partial charge in [-0.05, 0) is 37.6 Å². The summed E-state index contributed by atoms with van der Waals surface area (Å²) in [5.74, 6) is 0.403. The number of ether oxygens (including phenoxy) is 2. The minimum atomic E-state index is -0.663. The lowest BCUT2D eigenvalue weighted by Gasteiger charge is -2.29. The Hall–Kier alpha value is -2.09. The van der Waals surface area contributed by atoms with Crippen LogP contribution in [0.1, 0.15) is 40.7 Å². The number of nitrogens with zero attached hydrogens (tertiary/aromatic N) is 1. The van der Waals surface area contributed by atoms with Crippen LogP contribution >= 0.6 is 35.0 Å². The van der Waals surface area contributed by atoms with Crippen molar-refractivity contribution in [1.82, 2.24) is 10.2 Å². The van der Waals surface area contributed by atoms with Gasteiger partial charge in [0.2, 0.25) is 5.91 Å². The molecule has 2 atom stereocenters. The van der Waals surface area contributed by atoms with Crippen molar-refractivity contribution >= 4 is 46.8 Å². The molecule has 2 aromatic carbocycles. The van der Waals surface area contributed by atoms with Crippen LogP contribution in [0.5, 0.6) is 11.5 Å². The second-order valence-corrected chi connectivity index (χ2v) is 10.5. The van der Waals surface area contributed by atoms with Crippen molar-refractivity contribution in [1.29, 1.82) is 0 Å². The van der Waals surface area contributed by atoms with Gasteiger partial charge in [-0.25, -0.2) is 0 Å². The summed E-state index contributed by atoms with van der Waals surface area (Å²) < 4.78 is 10.3. The first-order chi connectivity index (χ1) is 14.7. The van der Waals surface area contributed by atoms with Gasteiger partial charge in [-0.2, -0.15) is 0 Å². The summed E-state index contributed by atoms with van der Waals surface area (Å²) >= 11 is 13.8. The van der Waals surface area contributed by atoms with Crippen LogP contribution in [0.2, 0.25) is 10.0 Å². The van der Waals surface area contributed by atoms with Crippen LogP contribution in [-0.2, 0) is 11.3 Å². The molecule has 0 aromatic heterocycles. The molecule has 6 nitrogen and oxygen atoms in total. The highest BCUT2D eigenvalue weighted by molar-refractivity contribution is 8.01. The first-order valence-electron chi connectivity index (χ1n) is 9.66. The van der Waals surface area contributed by atoms with Crippen LogP contribution in [0.25, 0.3) is 0 Å². The summed E-state index contributed by atoms with van der Waals surface area (Å²) in [6, 6.07) is 8.13. The lowest BCUT2D eigenvalue weighted by atomic mass is 10.0. The van der Waals surface area contributed by atoms with Gasteiger partial charge in [0.15, 0.2) is 11.5 Å². The SMILES string of the molecule is COc1ccc2c(c1OC)C(=O)N1C2SC(C)(C)C1C(=O)NCc1ccc(Cl)cc1Cl. The predicted molar refractivity (Wildman–Crippen MR) is 122 cm³/mol. The lowest BCUT2D eigenvalue weighted by molar-refractivity contribution is -0.126. The number of thioether (sulfide) groups is 1. The van der Waals surface area contributed by atoms with E-state index in [1.807, 2.05) is 19.9 Å². The molecule has 164 valence electrons. The van der Waals surface area contributed by atoms with Crippen molar-refractivity contribution in [2.24, 2.45) is 0 Å². The number of hydrogen-bond acceptors (Lipinski definition) is 5. The van der Waals surface area contributed by atoms with E-state index in [0.717, 1.165) is 11.1 Å². The largest absolute Gasteiger partial charge is 0.493 e. The molecule has 2 aromatic rings. The van der Waals surface area contributed by atoms with E-state index in [-0.39, 0.29) is 23.7 Å². The quantitative estimate of drug-likeness (QED) is 0.672. The van der Waals surface area contributed by atoms with Gasteiger partial charge in [0.25, 0.3) is 5.91 Å². The molecule has 1 fully saturated rings. The molecule has 0 saturated carbocycles. The fourth-order valence-electron chi connectivity index (χ4n) is 4.20. The molecule has 31 heavy (non-hydrogen) atoms. The topological polar surface area (TPSA) is 67.9 Å². The number of carbonyl (C=O) groups is 2. The molecule has 2 heterocycles. The number of halogens is 2. The van der Waals surface area contributed by atoms with Gasteiger partial charge in [0.05, 0.1) is 19.8 Å². The monoisotopic (exact) mass is 480 g/mol. The number of benzene rings is 2. The van der Waals surface area contributed by atoms with E-state index in [2.05, 4.69) is 5.32 Å². The average Bonchev–Trinajstić information content (AvgIpc) is 3.15. The Balaban J connectivity index is 1.63. The van der Waals surface area contributed by atoms with Gasteiger partial charge in [-0.1, -0.05) is 35.3 Å². The summed E-state index contributed by atoms with van der Waals surface area (Å²) in [5, 5.41) is 3.67. The number of carbonyl (C=O) groups excluding carboxylic acids is 2. The highest BCUT2D eigenvalue weighted by atomic mass is 35.5. The minimum Gasteiger partial charge on any atom is -0.493 e. The molecule has 2 unspecified atom stereocenters. The van der Waals surface area contributed by atoms with Crippen LogP contribution in [0.3, 0.4) is 0 Å². The summed E-state index contributed by atoms with van der Waals surface area (Å²) in [6.45, 7) is 4.19. The Labute approximate surface area is 195 Å². The predicted octanol–water partition coefficient (Wildman–Crippen LogP) is 4.68. The van der Waals surface area contributed by atoms with Crippen LogP contribution in [-0.4, -0.2) is 41.7 Å². The Morgan fingerprint density at radius 3 is 2.58 bits per heavy atom. The highest BCUT2D eigenvalue weighted by Crippen LogP contribution is 2.58. The van der Waals surface area contributed by atoms with E-state index >= 15 is 0 Å². The maximum atomic E-state index is 13.5. The zero-order valence-corrected chi connectivity index (χ0v) is 19.8. The third kappa shape index (κ3) is 3.62. The Morgan fingerprint density at radius 1 is 1.19 bits per heavy atom. The molecule has 0 bridgehead atoms. The molecule has 1 N–H and O–H groups in total. The first-order valence-corrected chi connectivity index (χ1v) is 11.3. The number of rotatable bonds is 5.